The van der Waals surface area contributed by atoms with Crippen LogP contribution >= 0.6 is 0 Å². The molecule has 7 heteroatoms. The molecule has 2 aliphatic rings. The lowest BCUT2D eigenvalue weighted by molar-refractivity contribution is -0.312. The second kappa shape index (κ2) is 3.75. The van der Waals surface area contributed by atoms with Gasteiger partial charge in [0.05, 0.1) is 19.0 Å². The molecule has 17 heavy (non-hydrogen) atoms. The predicted molar refractivity (Wildman–Crippen MR) is 47.8 cm³/mol. The zero-order valence-corrected chi connectivity index (χ0v) is 8.82. The highest BCUT2D eigenvalue weighted by Crippen LogP contribution is 2.34. The molecule has 5 nitrogen and oxygen atoms in total. The van der Waals surface area contributed by atoms with Gasteiger partial charge in [0, 0.05) is 24.7 Å². The van der Waals surface area contributed by atoms with Crippen LogP contribution in [0.15, 0.2) is 0 Å². The summed E-state index contributed by atoms with van der Waals surface area (Å²) < 4.78 is 25.2. The summed E-state index contributed by atoms with van der Waals surface area (Å²) in [5.41, 5.74) is 0. The topological polar surface area (TPSA) is 77.5 Å². The van der Waals surface area contributed by atoms with E-state index in [9.17, 15) is 28.3 Å². The number of likely N-dealkylation sites (tertiary alicyclic amines) is 1. The van der Waals surface area contributed by atoms with Crippen LogP contribution in [0.3, 0.4) is 0 Å². The van der Waals surface area contributed by atoms with Crippen molar-refractivity contribution in [2.24, 2.45) is 11.8 Å². The quantitative estimate of drug-likeness (QED) is 0.613. The van der Waals surface area contributed by atoms with Gasteiger partial charge in [-0.15, -0.1) is 0 Å². The number of carboxylic acids is 1. The maximum atomic E-state index is 12.6. The number of amides is 1. The van der Waals surface area contributed by atoms with Crippen molar-refractivity contribution in [3.63, 3.8) is 0 Å². The standard InChI is InChI=1S/C10H11F2NO4/c11-10(12)3-13(4-10)8(15)6-1-5(14)2-7(6)9(16)17/h6-7H,1-4H2,(H,16,17)/p-1/t6-,7-/m1/s1. The Morgan fingerprint density at radius 1 is 1.24 bits per heavy atom. The smallest absolute Gasteiger partial charge is 0.282 e. The molecule has 1 heterocycles. The Balaban J connectivity index is 2.04. The first kappa shape index (κ1) is 11.9. The Bertz CT molecular complexity index is 388. The van der Waals surface area contributed by atoms with Crippen LogP contribution < -0.4 is 5.11 Å². The number of aliphatic carboxylic acids is 1. The molecule has 1 saturated heterocycles. The van der Waals surface area contributed by atoms with Gasteiger partial charge in [-0.3, -0.25) is 9.59 Å². The maximum Gasteiger partial charge on any atom is 0.282 e. The molecule has 1 saturated carbocycles. The highest BCUT2D eigenvalue weighted by Gasteiger charge is 2.50. The summed E-state index contributed by atoms with van der Waals surface area (Å²) in [7, 11) is 0. The van der Waals surface area contributed by atoms with Crippen molar-refractivity contribution < 1.29 is 28.3 Å². The molecule has 0 spiro atoms. The number of rotatable bonds is 2. The van der Waals surface area contributed by atoms with Gasteiger partial charge >= 0.3 is 0 Å². The second-order valence-corrected chi connectivity index (χ2v) is 4.53. The molecule has 2 fully saturated rings. The third kappa shape index (κ3) is 2.13. The van der Waals surface area contributed by atoms with E-state index in [4.69, 9.17) is 0 Å². The first-order chi connectivity index (χ1) is 7.80. The minimum absolute atomic E-state index is 0.195. The first-order valence-corrected chi connectivity index (χ1v) is 5.19. The molecule has 94 valence electrons. The summed E-state index contributed by atoms with van der Waals surface area (Å²) in [6, 6.07) is 0. The first-order valence-electron chi connectivity index (χ1n) is 5.19. The van der Waals surface area contributed by atoms with Crippen molar-refractivity contribution in [3.05, 3.63) is 0 Å². The van der Waals surface area contributed by atoms with Gasteiger partial charge in [0.25, 0.3) is 5.92 Å². The number of Topliss-reactive ketones (excluding diaryl/α,β-unsaturated/α-hetero) is 1. The van der Waals surface area contributed by atoms with Gasteiger partial charge in [0.1, 0.15) is 5.78 Å². The number of carboxylic acid groups (broad SMARTS) is 1. The fourth-order valence-corrected chi connectivity index (χ4v) is 2.27. The van der Waals surface area contributed by atoms with Crippen LogP contribution in [-0.4, -0.2) is 41.6 Å². The molecule has 0 unspecified atom stereocenters. The molecule has 0 bridgehead atoms. The van der Waals surface area contributed by atoms with E-state index in [2.05, 4.69) is 0 Å². The summed E-state index contributed by atoms with van der Waals surface area (Å²) in [5.74, 6) is -7.61. The van der Waals surface area contributed by atoms with Crippen LogP contribution in [0, 0.1) is 11.8 Å². The van der Waals surface area contributed by atoms with Gasteiger partial charge in [0.15, 0.2) is 0 Å². The lowest BCUT2D eigenvalue weighted by atomic mass is 9.93. The molecule has 1 aliphatic carbocycles. The summed E-state index contributed by atoms with van der Waals surface area (Å²) in [6.45, 7) is -1.40. The number of alkyl halides is 2. The van der Waals surface area contributed by atoms with E-state index in [1.54, 1.807) is 0 Å². The van der Waals surface area contributed by atoms with Gasteiger partial charge in [-0.2, -0.15) is 0 Å². The number of ketones is 1. The molecule has 2 atom stereocenters. The van der Waals surface area contributed by atoms with Crippen molar-refractivity contribution in [2.75, 3.05) is 13.1 Å². The highest BCUT2D eigenvalue weighted by atomic mass is 19.3. The van der Waals surface area contributed by atoms with Gasteiger partial charge in [-0.1, -0.05) is 0 Å². The lowest BCUT2D eigenvalue weighted by Gasteiger charge is -2.40. The minimum atomic E-state index is -2.89. The Hall–Kier alpha value is -1.53. The number of carbonyl (C=O) groups is 3. The SMILES string of the molecule is O=C1C[C@@H](C(=O)[O-])[C@H](C(=O)N2CC(F)(F)C2)C1. The molecule has 0 aromatic heterocycles. The van der Waals surface area contributed by atoms with E-state index in [0.29, 0.717) is 0 Å². The maximum absolute atomic E-state index is 12.6. The van der Waals surface area contributed by atoms with Crippen LogP contribution in [0.2, 0.25) is 0 Å². The van der Waals surface area contributed by atoms with Crippen molar-refractivity contribution in [1.29, 1.82) is 0 Å². The monoisotopic (exact) mass is 246 g/mol. The Labute approximate surface area is 95.4 Å². The van der Waals surface area contributed by atoms with Crippen LogP contribution in [0.4, 0.5) is 8.78 Å². The third-order valence-corrected chi connectivity index (χ3v) is 3.16. The van der Waals surface area contributed by atoms with E-state index < -0.39 is 42.7 Å². The zero-order chi connectivity index (χ0) is 12.8. The van der Waals surface area contributed by atoms with E-state index in [-0.39, 0.29) is 18.6 Å². The van der Waals surface area contributed by atoms with Gasteiger partial charge in [-0.25, -0.2) is 8.78 Å². The van der Waals surface area contributed by atoms with E-state index >= 15 is 0 Å². The van der Waals surface area contributed by atoms with Gasteiger partial charge in [0.2, 0.25) is 5.91 Å². The molecule has 2 rings (SSSR count). The summed E-state index contributed by atoms with van der Waals surface area (Å²) in [6.07, 6.45) is -0.442. The highest BCUT2D eigenvalue weighted by molar-refractivity contribution is 5.96. The summed E-state index contributed by atoms with van der Waals surface area (Å²) >= 11 is 0. The minimum Gasteiger partial charge on any atom is -0.550 e. The molecule has 0 aromatic rings. The summed E-state index contributed by atoms with van der Waals surface area (Å²) in [5, 5.41) is 10.7. The van der Waals surface area contributed by atoms with Crippen LogP contribution in [0.25, 0.3) is 0 Å². The van der Waals surface area contributed by atoms with Gasteiger partial charge in [-0.05, 0) is 0 Å². The van der Waals surface area contributed by atoms with Crippen molar-refractivity contribution >= 4 is 17.7 Å². The van der Waals surface area contributed by atoms with Crippen molar-refractivity contribution in [3.8, 4) is 0 Å². The fraction of sp³-hybridized carbons (Fsp3) is 0.700. The van der Waals surface area contributed by atoms with Crippen molar-refractivity contribution in [2.45, 2.75) is 18.8 Å². The zero-order valence-electron chi connectivity index (χ0n) is 8.82. The van der Waals surface area contributed by atoms with E-state index in [0.717, 1.165) is 4.90 Å². The fourth-order valence-electron chi connectivity index (χ4n) is 2.27. The number of carbonyl (C=O) groups excluding carboxylic acids is 3. The molecule has 0 aromatic carbocycles. The largest absolute Gasteiger partial charge is 0.550 e. The Morgan fingerprint density at radius 2 is 1.76 bits per heavy atom. The average Bonchev–Trinajstić information content (AvgIpc) is 2.55. The predicted octanol–water partition coefficient (Wildman–Crippen LogP) is -1.19. The number of halogens is 2. The van der Waals surface area contributed by atoms with Crippen LogP contribution in [0.1, 0.15) is 12.8 Å². The van der Waals surface area contributed by atoms with Crippen LogP contribution in [-0.2, 0) is 14.4 Å². The van der Waals surface area contributed by atoms with E-state index in [1.807, 2.05) is 0 Å². The van der Waals surface area contributed by atoms with E-state index in [1.165, 1.54) is 0 Å². The average molecular weight is 246 g/mol. The molecule has 0 N–H and O–H groups in total. The molecule has 0 radical (unpaired) electrons. The molecular weight excluding hydrogens is 236 g/mol. The second-order valence-electron chi connectivity index (χ2n) is 4.53. The number of hydrogen-bond donors (Lipinski definition) is 0. The Kier molecular flexibility index (Phi) is 2.63. The number of hydrogen-bond acceptors (Lipinski definition) is 4. The summed E-state index contributed by atoms with van der Waals surface area (Å²) in [4.78, 5) is 34.5. The number of nitrogens with zero attached hydrogens (tertiary/aromatic N) is 1. The third-order valence-electron chi connectivity index (χ3n) is 3.16. The van der Waals surface area contributed by atoms with Gasteiger partial charge < -0.3 is 14.8 Å². The molecule has 1 aliphatic heterocycles. The Morgan fingerprint density at radius 3 is 2.24 bits per heavy atom. The lowest BCUT2D eigenvalue weighted by Crippen LogP contribution is -2.60. The van der Waals surface area contributed by atoms with Crippen molar-refractivity contribution in [1.82, 2.24) is 4.90 Å². The van der Waals surface area contributed by atoms with Crippen LogP contribution in [0.5, 0.6) is 0 Å². The molecular formula is C10H10F2NO4-. The normalized spacial score (nSPS) is 31.2. The molecule has 1 amide bonds.